The van der Waals surface area contributed by atoms with Crippen LogP contribution >= 0.6 is 11.3 Å². The van der Waals surface area contributed by atoms with Crippen molar-refractivity contribution in [2.24, 2.45) is 0 Å². The van der Waals surface area contributed by atoms with E-state index in [9.17, 15) is 13.2 Å². The van der Waals surface area contributed by atoms with Gasteiger partial charge in [0.05, 0.1) is 9.79 Å². The van der Waals surface area contributed by atoms with Crippen molar-refractivity contribution in [2.45, 2.75) is 23.3 Å². The molecule has 1 aromatic heterocycles. The molecule has 3 aromatic rings. The Morgan fingerprint density at radius 1 is 1.07 bits per heavy atom. The number of carbonyl (C=O) groups excluding carboxylic acids is 1. The first-order valence-electron chi connectivity index (χ1n) is 8.88. The van der Waals surface area contributed by atoms with Crippen molar-refractivity contribution in [3.63, 3.8) is 0 Å². The molecule has 4 nitrogen and oxygen atoms in total. The van der Waals surface area contributed by atoms with Gasteiger partial charge in [0, 0.05) is 29.4 Å². The van der Waals surface area contributed by atoms with Gasteiger partial charge in [-0.05, 0) is 53.4 Å². The van der Waals surface area contributed by atoms with Crippen LogP contribution in [0.25, 0.3) is 12.3 Å². The van der Waals surface area contributed by atoms with Gasteiger partial charge in [0.2, 0.25) is 9.84 Å². The summed E-state index contributed by atoms with van der Waals surface area (Å²) in [6.07, 6.45) is 4.35. The number of benzene rings is 2. The lowest BCUT2D eigenvalue weighted by Crippen LogP contribution is -2.31. The molecule has 0 fully saturated rings. The van der Waals surface area contributed by atoms with Crippen LogP contribution in [-0.4, -0.2) is 25.6 Å². The van der Waals surface area contributed by atoms with E-state index in [1.54, 1.807) is 35.6 Å². The number of hydrogen-bond donors (Lipinski definition) is 0. The molecule has 0 N–H and O–H groups in total. The minimum atomic E-state index is -3.66. The van der Waals surface area contributed by atoms with E-state index in [1.807, 2.05) is 12.1 Å². The second kappa shape index (κ2) is 7.37. The zero-order valence-electron chi connectivity index (χ0n) is 15.3. The lowest BCUT2D eigenvalue weighted by Gasteiger charge is -2.20. The van der Waals surface area contributed by atoms with Gasteiger partial charge in [-0.15, -0.1) is 11.3 Å². The predicted octanol–water partition coefficient (Wildman–Crippen LogP) is 2.82. The summed E-state index contributed by atoms with van der Waals surface area (Å²) in [5.74, 6) is -0.157. The van der Waals surface area contributed by atoms with E-state index < -0.39 is 9.84 Å². The number of hydrogen-bond acceptors (Lipinski definition) is 5. The quantitative estimate of drug-likeness (QED) is 0.608. The molecule has 2 aromatic carbocycles. The molecule has 0 atom stereocenters. The summed E-state index contributed by atoms with van der Waals surface area (Å²) in [6, 6.07) is 15.3. The van der Waals surface area contributed by atoms with E-state index in [0.29, 0.717) is 12.1 Å². The summed E-state index contributed by atoms with van der Waals surface area (Å²) in [4.78, 5) is 14.1. The smallest absolute Gasteiger partial charge is 0.206 e. The van der Waals surface area contributed by atoms with Crippen molar-refractivity contribution in [3.05, 3.63) is 80.9 Å². The minimum Gasteiger partial charge on any atom is -0.368 e. The lowest BCUT2D eigenvalue weighted by molar-refractivity contribution is 0.101. The molecule has 0 amide bonds. The first-order chi connectivity index (χ1) is 13.4. The van der Waals surface area contributed by atoms with Gasteiger partial charge in [-0.3, -0.25) is 4.79 Å². The summed E-state index contributed by atoms with van der Waals surface area (Å²) in [6.45, 7) is 2.98. The first kappa shape index (κ1) is 18.7. The van der Waals surface area contributed by atoms with Crippen LogP contribution in [0.3, 0.4) is 0 Å². The molecular weight excluding hydrogens is 390 g/mol. The highest BCUT2D eigenvalue weighted by Gasteiger charge is 2.18. The molecule has 28 heavy (non-hydrogen) atoms. The van der Waals surface area contributed by atoms with Crippen molar-refractivity contribution < 1.29 is 13.2 Å². The number of nitrogens with zero attached hydrogens (tertiary/aromatic N) is 1. The Hall–Kier alpha value is -2.70. The van der Waals surface area contributed by atoms with Gasteiger partial charge < -0.3 is 4.90 Å². The molecule has 142 valence electrons. The SMILES string of the molecule is CC(=O)c1cccc(S(=O)(=O)c2ccc(CN3C=c4sccc4=CC3)cc2)c1. The average Bonchev–Trinajstić information content (AvgIpc) is 3.16. The molecular formula is C22H19NO3S2. The van der Waals surface area contributed by atoms with E-state index in [0.717, 1.165) is 12.1 Å². The van der Waals surface area contributed by atoms with Crippen molar-refractivity contribution in [1.82, 2.24) is 4.90 Å². The largest absolute Gasteiger partial charge is 0.368 e. The molecule has 0 aliphatic carbocycles. The topological polar surface area (TPSA) is 54.5 Å². The molecule has 6 heteroatoms. The number of carbonyl (C=O) groups is 1. The molecule has 0 radical (unpaired) electrons. The monoisotopic (exact) mass is 409 g/mol. The van der Waals surface area contributed by atoms with Gasteiger partial charge in [-0.2, -0.15) is 0 Å². The van der Waals surface area contributed by atoms with Crippen LogP contribution in [0, 0.1) is 0 Å². The molecule has 0 saturated carbocycles. The van der Waals surface area contributed by atoms with Gasteiger partial charge in [-0.25, -0.2) is 8.42 Å². The highest BCUT2D eigenvalue weighted by molar-refractivity contribution is 7.91. The number of ketones is 1. The standard InChI is InChI=1S/C22H19NO3S2/c1-16(24)19-3-2-4-21(13-19)28(25,26)20-7-5-17(6-8-20)14-23-11-9-18-10-12-27-22(18)15-23/h2-10,12-13,15H,11,14H2,1H3. The third-order valence-electron chi connectivity index (χ3n) is 4.74. The Labute approximate surface area is 168 Å². The Morgan fingerprint density at radius 3 is 2.61 bits per heavy atom. The maximum Gasteiger partial charge on any atom is 0.206 e. The molecule has 4 rings (SSSR count). The van der Waals surface area contributed by atoms with E-state index >= 15 is 0 Å². The van der Waals surface area contributed by atoms with Crippen LogP contribution in [0.5, 0.6) is 0 Å². The Morgan fingerprint density at radius 2 is 1.86 bits per heavy atom. The summed E-state index contributed by atoms with van der Waals surface area (Å²) in [5.41, 5.74) is 1.43. The number of thiophene rings is 1. The fourth-order valence-electron chi connectivity index (χ4n) is 3.18. The summed E-state index contributed by atoms with van der Waals surface area (Å²) in [5, 5.41) is 3.36. The van der Waals surface area contributed by atoms with Crippen LogP contribution in [0.15, 0.2) is 69.8 Å². The summed E-state index contributed by atoms with van der Waals surface area (Å²) >= 11 is 1.71. The molecule has 1 aliphatic heterocycles. The molecule has 1 aliphatic rings. The number of rotatable bonds is 5. The van der Waals surface area contributed by atoms with E-state index in [4.69, 9.17) is 0 Å². The van der Waals surface area contributed by atoms with Crippen molar-refractivity contribution in [3.8, 4) is 0 Å². The van der Waals surface area contributed by atoms with Crippen LogP contribution < -0.4 is 9.75 Å². The maximum absolute atomic E-state index is 12.9. The van der Waals surface area contributed by atoms with Crippen LogP contribution in [0.1, 0.15) is 22.8 Å². The van der Waals surface area contributed by atoms with Crippen molar-refractivity contribution in [2.75, 3.05) is 6.54 Å². The molecule has 0 unspecified atom stereocenters. The van der Waals surface area contributed by atoms with Gasteiger partial charge in [0.15, 0.2) is 5.78 Å². The Balaban J connectivity index is 1.56. The Bertz CT molecular complexity index is 1260. The number of fused-ring (bicyclic) bond motifs is 1. The number of sulfone groups is 1. The second-order valence-electron chi connectivity index (χ2n) is 6.73. The van der Waals surface area contributed by atoms with E-state index in [-0.39, 0.29) is 15.6 Å². The highest BCUT2D eigenvalue weighted by Crippen LogP contribution is 2.22. The van der Waals surface area contributed by atoms with Crippen LogP contribution in [0.2, 0.25) is 0 Å². The summed E-state index contributed by atoms with van der Waals surface area (Å²) in [7, 11) is -3.66. The van der Waals surface area contributed by atoms with Crippen LogP contribution in [-0.2, 0) is 16.4 Å². The Kier molecular flexibility index (Phi) is 4.91. The molecule has 2 heterocycles. The maximum atomic E-state index is 12.9. The fraction of sp³-hybridized carbons (Fsp3) is 0.136. The van der Waals surface area contributed by atoms with E-state index in [2.05, 4.69) is 28.6 Å². The van der Waals surface area contributed by atoms with Gasteiger partial charge >= 0.3 is 0 Å². The zero-order valence-corrected chi connectivity index (χ0v) is 17.0. The van der Waals surface area contributed by atoms with Gasteiger partial charge in [0.25, 0.3) is 0 Å². The van der Waals surface area contributed by atoms with Crippen LogP contribution in [0.4, 0.5) is 0 Å². The van der Waals surface area contributed by atoms with Crippen molar-refractivity contribution >= 4 is 39.2 Å². The predicted molar refractivity (Wildman–Crippen MR) is 111 cm³/mol. The van der Waals surface area contributed by atoms with Gasteiger partial charge in [-0.1, -0.05) is 30.3 Å². The zero-order chi connectivity index (χ0) is 19.7. The van der Waals surface area contributed by atoms with E-state index in [1.165, 1.54) is 28.8 Å². The second-order valence-corrected chi connectivity index (χ2v) is 9.63. The van der Waals surface area contributed by atoms with Crippen molar-refractivity contribution in [1.29, 1.82) is 0 Å². The third kappa shape index (κ3) is 3.66. The number of Topliss-reactive ketones (excluding diaryl/α,β-unsaturated/α-hetero) is 1. The minimum absolute atomic E-state index is 0.136. The molecule has 0 bridgehead atoms. The normalized spacial score (nSPS) is 13.4. The third-order valence-corrected chi connectivity index (χ3v) is 7.38. The lowest BCUT2D eigenvalue weighted by atomic mass is 10.2. The molecule has 0 spiro atoms. The fourth-order valence-corrected chi connectivity index (χ4v) is 5.34. The average molecular weight is 410 g/mol. The molecule has 0 saturated heterocycles. The highest BCUT2D eigenvalue weighted by atomic mass is 32.2. The summed E-state index contributed by atoms with van der Waals surface area (Å²) < 4.78 is 27.0. The van der Waals surface area contributed by atoms with Gasteiger partial charge in [0.1, 0.15) is 0 Å². The first-order valence-corrected chi connectivity index (χ1v) is 11.2.